The van der Waals surface area contributed by atoms with Gasteiger partial charge in [-0.2, -0.15) is 0 Å². The smallest absolute Gasteiger partial charge is 0.238 e. The van der Waals surface area contributed by atoms with Gasteiger partial charge in [0.1, 0.15) is 0 Å². The number of carbonyl (C=O) groups is 1. The molecule has 0 bridgehead atoms. The molecule has 3 aromatic carbocycles. The lowest BCUT2D eigenvalue weighted by Gasteiger charge is -2.29. The fraction of sp³-hybridized carbons (Fsp3) is 0.240. The second-order valence-electron chi connectivity index (χ2n) is 7.43. The number of nitrogens with one attached hydrogen (secondary N) is 1. The first-order valence-electron chi connectivity index (χ1n) is 10.1. The molecule has 0 saturated carbocycles. The molecule has 0 aliphatic carbocycles. The minimum absolute atomic E-state index is 0.00797. The Balaban J connectivity index is 1.37. The largest absolute Gasteiger partial charge is 0.493 e. The van der Waals surface area contributed by atoms with Gasteiger partial charge in [0.15, 0.2) is 11.5 Å². The van der Waals surface area contributed by atoms with Crippen molar-refractivity contribution in [1.29, 1.82) is 0 Å². The van der Waals surface area contributed by atoms with Gasteiger partial charge in [0.25, 0.3) is 0 Å². The molecule has 1 aliphatic heterocycles. The van der Waals surface area contributed by atoms with Crippen LogP contribution in [0.2, 0.25) is 0 Å². The molecule has 1 amide bonds. The Labute approximate surface area is 177 Å². The van der Waals surface area contributed by atoms with E-state index in [9.17, 15) is 4.79 Å². The van der Waals surface area contributed by atoms with Crippen LogP contribution in [-0.4, -0.2) is 38.1 Å². The molecule has 0 unspecified atom stereocenters. The lowest BCUT2D eigenvalue weighted by Crippen LogP contribution is -2.37. The highest BCUT2D eigenvalue weighted by Gasteiger charge is 2.21. The quantitative estimate of drug-likeness (QED) is 0.665. The van der Waals surface area contributed by atoms with Gasteiger partial charge >= 0.3 is 0 Å². The van der Waals surface area contributed by atoms with E-state index in [4.69, 9.17) is 9.47 Å². The normalized spacial score (nSPS) is 13.4. The predicted octanol–water partition coefficient (Wildman–Crippen LogP) is 4.37. The number of anilines is 1. The van der Waals surface area contributed by atoms with Crippen LogP contribution in [0, 0.1) is 0 Å². The number of hydrogen-bond acceptors (Lipinski definition) is 4. The SMILES string of the molecule is COc1cc2c(cc1OC)CN(CC(=O)Nc1ccc(-c3ccccc3)cc1)CC2. The van der Waals surface area contributed by atoms with Gasteiger partial charge in [-0.15, -0.1) is 0 Å². The lowest BCUT2D eigenvalue weighted by molar-refractivity contribution is -0.117. The van der Waals surface area contributed by atoms with Crippen LogP contribution in [-0.2, 0) is 17.8 Å². The van der Waals surface area contributed by atoms with Crippen LogP contribution in [0.4, 0.5) is 5.69 Å². The summed E-state index contributed by atoms with van der Waals surface area (Å²) >= 11 is 0. The number of benzene rings is 3. The molecule has 1 heterocycles. The number of hydrogen-bond donors (Lipinski definition) is 1. The van der Waals surface area contributed by atoms with Crippen molar-refractivity contribution in [1.82, 2.24) is 4.90 Å². The molecule has 0 spiro atoms. The predicted molar refractivity (Wildman–Crippen MR) is 119 cm³/mol. The van der Waals surface area contributed by atoms with Crippen LogP contribution < -0.4 is 14.8 Å². The minimum Gasteiger partial charge on any atom is -0.493 e. The number of amides is 1. The third kappa shape index (κ3) is 4.47. The molecular formula is C25H26N2O3. The molecule has 0 saturated heterocycles. The van der Waals surface area contributed by atoms with Crippen LogP contribution in [0.25, 0.3) is 11.1 Å². The van der Waals surface area contributed by atoms with E-state index in [1.165, 1.54) is 11.1 Å². The van der Waals surface area contributed by atoms with Crippen molar-refractivity contribution in [3.05, 3.63) is 77.9 Å². The fourth-order valence-electron chi connectivity index (χ4n) is 3.86. The van der Waals surface area contributed by atoms with Gasteiger partial charge in [0.2, 0.25) is 5.91 Å². The zero-order valence-corrected chi connectivity index (χ0v) is 17.4. The average Bonchev–Trinajstić information content (AvgIpc) is 2.79. The first-order valence-corrected chi connectivity index (χ1v) is 10.1. The van der Waals surface area contributed by atoms with Gasteiger partial charge < -0.3 is 14.8 Å². The monoisotopic (exact) mass is 402 g/mol. The lowest BCUT2D eigenvalue weighted by atomic mass is 9.99. The van der Waals surface area contributed by atoms with Crippen molar-refractivity contribution in [3.63, 3.8) is 0 Å². The highest BCUT2D eigenvalue weighted by atomic mass is 16.5. The molecule has 1 N–H and O–H groups in total. The summed E-state index contributed by atoms with van der Waals surface area (Å²) in [6, 6.07) is 22.2. The molecule has 3 aromatic rings. The molecule has 0 aromatic heterocycles. The maximum Gasteiger partial charge on any atom is 0.238 e. The standard InChI is InChI=1S/C25H26N2O3/c1-29-23-14-20-12-13-27(16-21(20)15-24(23)30-2)17-25(28)26-22-10-8-19(9-11-22)18-6-4-3-5-7-18/h3-11,14-15H,12-13,16-17H2,1-2H3,(H,26,28). The van der Waals surface area contributed by atoms with Gasteiger partial charge in [0, 0.05) is 18.8 Å². The highest BCUT2D eigenvalue weighted by Crippen LogP contribution is 2.33. The topological polar surface area (TPSA) is 50.8 Å². The maximum atomic E-state index is 12.6. The first kappa shape index (κ1) is 20.0. The number of fused-ring (bicyclic) bond motifs is 1. The van der Waals surface area contributed by atoms with Gasteiger partial charge in [0.05, 0.1) is 20.8 Å². The number of rotatable bonds is 6. The van der Waals surface area contributed by atoms with E-state index < -0.39 is 0 Å². The first-order chi connectivity index (χ1) is 14.7. The zero-order chi connectivity index (χ0) is 20.9. The van der Waals surface area contributed by atoms with E-state index in [2.05, 4.69) is 22.3 Å². The Morgan fingerprint density at radius 3 is 2.20 bits per heavy atom. The van der Waals surface area contributed by atoms with Crippen LogP contribution in [0.3, 0.4) is 0 Å². The van der Waals surface area contributed by atoms with Gasteiger partial charge in [-0.3, -0.25) is 9.69 Å². The Kier molecular flexibility index (Phi) is 6.00. The van der Waals surface area contributed by atoms with E-state index in [0.717, 1.165) is 47.8 Å². The molecule has 5 nitrogen and oxygen atoms in total. The number of nitrogens with zero attached hydrogens (tertiary/aromatic N) is 1. The van der Waals surface area contributed by atoms with Crippen LogP contribution in [0.1, 0.15) is 11.1 Å². The molecular weight excluding hydrogens is 376 g/mol. The Morgan fingerprint density at radius 2 is 1.53 bits per heavy atom. The van der Waals surface area contributed by atoms with Crippen LogP contribution in [0.15, 0.2) is 66.7 Å². The summed E-state index contributed by atoms with van der Waals surface area (Å²) in [5.41, 5.74) is 5.53. The van der Waals surface area contributed by atoms with Gasteiger partial charge in [-0.05, 0) is 52.9 Å². The highest BCUT2D eigenvalue weighted by molar-refractivity contribution is 5.92. The second-order valence-corrected chi connectivity index (χ2v) is 7.43. The van der Waals surface area contributed by atoms with Crippen LogP contribution >= 0.6 is 0 Å². The Bertz CT molecular complexity index is 1020. The summed E-state index contributed by atoms with van der Waals surface area (Å²) in [7, 11) is 3.29. The van der Waals surface area contributed by atoms with E-state index in [1.807, 2.05) is 54.6 Å². The minimum atomic E-state index is -0.00797. The molecule has 30 heavy (non-hydrogen) atoms. The van der Waals surface area contributed by atoms with Crippen molar-refractivity contribution in [2.45, 2.75) is 13.0 Å². The summed E-state index contributed by atoms with van der Waals surface area (Å²) in [5.74, 6) is 1.47. The van der Waals surface area contributed by atoms with Crippen LogP contribution in [0.5, 0.6) is 11.5 Å². The van der Waals surface area contributed by atoms with Gasteiger partial charge in [-0.25, -0.2) is 0 Å². The summed E-state index contributed by atoms with van der Waals surface area (Å²) in [6.45, 7) is 1.91. The van der Waals surface area contributed by atoms with Crippen molar-refractivity contribution in [2.75, 3.05) is 32.6 Å². The van der Waals surface area contributed by atoms with E-state index in [0.29, 0.717) is 6.54 Å². The Morgan fingerprint density at radius 1 is 0.900 bits per heavy atom. The summed E-state index contributed by atoms with van der Waals surface area (Å²) in [4.78, 5) is 14.7. The van der Waals surface area contributed by atoms with Crippen molar-refractivity contribution < 1.29 is 14.3 Å². The summed E-state index contributed by atoms with van der Waals surface area (Å²) < 4.78 is 10.8. The molecule has 5 heteroatoms. The van der Waals surface area contributed by atoms with Crippen molar-refractivity contribution in [3.8, 4) is 22.6 Å². The average molecular weight is 402 g/mol. The third-order valence-corrected chi connectivity index (χ3v) is 5.44. The zero-order valence-electron chi connectivity index (χ0n) is 17.4. The van der Waals surface area contributed by atoms with Crippen molar-refractivity contribution >= 4 is 11.6 Å². The molecule has 0 atom stereocenters. The molecule has 0 fully saturated rings. The summed E-state index contributed by atoms with van der Waals surface area (Å²) in [5, 5.41) is 3.01. The van der Waals surface area contributed by atoms with E-state index >= 15 is 0 Å². The fourth-order valence-corrected chi connectivity index (χ4v) is 3.86. The molecule has 0 radical (unpaired) electrons. The molecule has 1 aliphatic rings. The molecule has 4 rings (SSSR count). The third-order valence-electron chi connectivity index (χ3n) is 5.44. The maximum absolute atomic E-state index is 12.6. The Hall–Kier alpha value is -3.31. The van der Waals surface area contributed by atoms with Crippen molar-refractivity contribution in [2.24, 2.45) is 0 Å². The molecule has 154 valence electrons. The number of carbonyl (C=O) groups excluding carboxylic acids is 1. The number of ether oxygens (including phenoxy) is 2. The number of methoxy groups -OCH3 is 2. The van der Waals surface area contributed by atoms with Gasteiger partial charge in [-0.1, -0.05) is 42.5 Å². The van der Waals surface area contributed by atoms with E-state index in [-0.39, 0.29) is 5.91 Å². The summed E-state index contributed by atoms with van der Waals surface area (Å²) in [6.07, 6.45) is 0.884. The van der Waals surface area contributed by atoms with E-state index in [1.54, 1.807) is 14.2 Å². The second kappa shape index (κ2) is 9.01.